The van der Waals surface area contributed by atoms with E-state index >= 15 is 0 Å². The van der Waals surface area contributed by atoms with Crippen LogP contribution >= 0.6 is 0 Å². The van der Waals surface area contributed by atoms with Crippen molar-refractivity contribution in [3.63, 3.8) is 0 Å². The number of alkyl halides is 3. The summed E-state index contributed by atoms with van der Waals surface area (Å²) in [6.45, 7) is 3.95. The van der Waals surface area contributed by atoms with Gasteiger partial charge in [-0.15, -0.1) is 0 Å². The minimum absolute atomic E-state index is 0.0476. The predicted molar refractivity (Wildman–Crippen MR) is 143 cm³/mol. The monoisotopic (exact) mass is 562 g/mol. The lowest BCUT2D eigenvalue weighted by Gasteiger charge is -2.60. The second-order valence-corrected chi connectivity index (χ2v) is 11.6. The van der Waals surface area contributed by atoms with E-state index in [0.29, 0.717) is 32.2 Å². The van der Waals surface area contributed by atoms with Gasteiger partial charge in [-0.25, -0.2) is 4.79 Å². The highest BCUT2D eigenvalue weighted by atomic mass is 19.4. The number of benzene rings is 2. The van der Waals surface area contributed by atoms with Crippen LogP contribution in [0, 0.1) is 22.7 Å². The Morgan fingerprint density at radius 2 is 1.77 bits per heavy atom. The highest BCUT2D eigenvalue weighted by Gasteiger charge is 2.60. The minimum atomic E-state index is -4.55. The summed E-state index contributed by atoms with van der Waals surface area (Å²) in [7, 11) is 0. The molecule has 10 heteroatoms. The van der Waals surface area contributed by atoms with E-state index in [1.54, 1.807) is 0 Å². The Morgan fingerprint density at radius 3 is 2.45 bits per heavy atom. The highest BCUT2D eigenvalue weighted by Crippen LogP contribution is 2.61. The van der Waals surface area contributed by atoms with Crippen LogP contribution < -0.4 is 10.6 Å². The molecule has 6 atom stereocenters. The van der Waals surface area contributed by atoms with Crippen LogP contribution in [0.15, 0.2) is 54.6 Å². The lowest BCUT2D eigenvalue weighted by atomic mass is 9.46. The molecule has 7 nitrogen and oxygen atoms in total. The van der Waals surface area contributed by atoms with Crippen molar-refractivity contribution in [1.29, 1.82) is 0 Å². The van der Waals surface area contributed by atoms with Crippen LogP contribution in [-0.2, 0) is 22.3 Å². The second-order valence-electron chi connectivity index (χ2n) is 11.6. The number of carbonyl (C=O) groups is 2. The summed E-state index contributed by atoms with van der Waals surface area (Å²) >= 11 is 0. The van der Waals surface area contributed by atoms with Gasteiger partial charge in [-0.05, 0) is 66.7 Å². The average molecular weight is 563 g/mol. The molecule has 2 aliphatic carbocycles. The van der Waals surface area contributed by atoms with Crippen LogP contribution in [0.5, 0.6) is 0 Å². The molecule has 2 fully saturated rings. The van der Waals surface area contributed by atoms with E-state index in [9.17, 15) is 33.0 Å². The molecule has 0 unspecified atom stereocenters. The first-order chi connectivity index (χ1) is 18.9. The lowest BCUT2D eigenvalue weighted by molar-refractivity contribution is -0.185. The van der Waals surface area contributed by atoms with E-state index in [2.05, 4.69) is 10.6 Å². The van der Waals surface area contributed by atoms with E-state index in [4.69, 9.17) is 4.74 Å². The summed E-state index contributed by atoms with van der Waals surface area (Å²) in [5.41, 5.74) is -1.35. The zero-order valence-electron chi connectivity index (χ0n) is 22.7. The Morgan fingerprint density at radius 1 is 1.05 bits per heavy atom. The third kappa shape index (κ3) is 6.28. The molecular weight excluding hydrogens is 525 g/mol. The molecule has 0 radical (unpaired) electrons. The van der Waals surface area contributed by atoms with Crippen LogP contribution in [0.4, 0.5) is 23.7 Å². The number of ether oxygens (including phenoxy) is 1. The Hall–Kier alpha value is -3.11. The van der Waals surface area contributed by atoms with Gasteiger partial charge in [0.2, 0.25) is 5.91 Å². The minimum Gasteiger partial charge on any atom is -0.445 e. The van der Waals surface area contributed by atoms with Crippen LogP contribution in [0.25, 0.3) is 0 Å². The summed E-state index contributed by atoms with van der Waals surface area (Å²) in [5.74, 6) is -0.687. The van der Waals surface area contributed by atoms with Gasteiger partial charge >= 0.3 is 12.3 Å². The van der Waals surface area contributed by atoms with Crippen molar-refractivity contribution in [1.82, 2.24) is 5.32 Å². The molecule has 0 saturated heterocycles. The van der Waals surface area contributed by atoms with Crippen molar-refractivity contribution >= 4 is 17.7 Å². The summed E-state index contributed by atoms with van der Waals surface area (Å²) in [5, 5.41) is 26.9. The van der Waals surface area contributed by atoms with E-state index in [-0.39, 0.29) is 36.5 Å². The largest absolute Gasteiger partial charge is 0.445 e. The maximum absolute atomic E-state index is 13.1. The SMILES string of the molecule is C[C@]1(CO)[C@@H]2CC[C@@H](O)[C@@H](CC(=O)NCc3ccccc3)[C@]2(C)CC[C@H]1OC(=O)Nc1cccc(C(F)(F)F)c1. The van der Waals surface area contributed by atoms with Gasteiger partial charge in [0.15, 0.2) is 0 Å². The van der Waals surface area contributed by atoms with Crippen molar-refractivity contribution < 1.29 is 37.7 Å². The van der Waals surface area contributed by atoms with Crippen molar-refractivity contribution in [2.45, 2.75) is 70.9 Å². The number of fused-ring (bicyclic) bond motifs is 1. The van der Waals surface area contributed by atoms with Crippen molar-refractivity contribution in [3.8, 4) is 0 Å². The zero-order valence-corrected chi connectivity index (χ0v) is 22.7. The molecule has 0 aliphatic heterocycles. The second kappa shape index (κ2) is 11.8. The molecule has 2 aliphatic rings. The predicted octanol–water partition coefficient (Wildman–Crippen LogP) is 5.51. The van der Waals surface area contributed by atoms with Crippen LogP contribution in [0.2, 0.25) is 0 Å². The summed E-state index contributed by atoms with van der Waals surface area (Å²) in [6.07, 6.45) is -4.79. The third-order valence-corrected chi connectivity index (χ3v) is 9.10. The Balaban J connectivity index is 1.45. The number of carbonyl (C=O) groups excluding carboxylic acids is 2. The third-order valence-electron chi connectivity index (χ3n) is 9.10. The highest BCUT2D eigenvalue weighted by molar-refractivity contribution is 5.84. The molecule has 4 rings (SSSR count). The zero-order chi connectivity index (χ0) is 29.1. The summed E-state index contributed by atoms with van der Waals surface area (Å²) in [4.78, 5) is 25.7. The molecule has 2 aromatic rings. The number of halogens is 3. The van der Waals surface area contributed by atoms with Gasteiger partial charge < -0.3 is 20.3 Å². The normalized spacial score (nSPS) is 30.2. The smallest absolute Gasteiger partial charge is 0.416 e. The van der Waals surface area contributed by atoms with Crippen molar-refractivity contribution in [2.24, 2.45) is 22.7 Å². The number of nitrogens with one attached hydrogen (secondary N) is 2. The molecular formula is C30H37F3N2O5. The van der Waals surface area contributed by atoms with E-state index < -0.39 is 40.9 Å². The molecule has 0 bridgehead atoms. The Kier molecular flexibility index (Phi) is 8.80. The number of hydrogen-bond donors (Lipinski definition) is 4. The number of anilines is 1. The molecule has 2 aromatic carbocycles. The molecule has 4 N–H and O–H groups in total. The maximum Gasteiger partial charge on any atom is 0.416 e. The van der Waals surface area contributed by atoms with Gasteiger partial charge in [-0.3, -0.25) is 10.1 Å². The number of aliphatic hydroxyl groups is 2. The average Bonchev–Trinajstić information content (AvgIpc) is 2.91. The van der Waals surface area contributed by atoms with Gasteiger partial charge in [0.05, 0.1) is 18.3 Å². The number of hydrogen-bond acceptors (Lipinski definition) is 5. The van der Waals surface area contributed by atoms with Gasteiger partial charge in [0.25, 0.3) is 0 Å². The fraction of sp³-hybridized carbons (Fsp3) is 0.533. The maximum atomic E-state index is 13.1. The molecule has 2 saturated carbocycles. The lowest BCUT2D eigenvalue weighted by Crippen LogP contribution is -2.61. The first kappa shape index (κ1) is 29.9. The first-order valence-electron chi connectivity index (χ1n) is 13.6. The Labute approximate surface area is 232 Å². The fourth-order valence-corrected chi connectivity index (χ4v) is 6.90. The number of aliphatic hydroxyl groups excluding tert-OH is 2. The Bertz CT molecular complexity index is 1190. The number of rotatable bonds is 7. The molecule has 0 aromatic heterocycles. The van der Waals surface area contributed by atoms with Gasteiger partial charge in [-0.2, -0.15) is 13.2 Å². The standard InChI is InChI=1S/C30H37F3N2O5/c1-28-14-13-25(40-27(39)35-21-10-6-9-20(15-21)30(31,32)33)29(2,18-36)24(28)12-11-23(37)22(28)16-26(38)34-17-19-7-4-3-5-8-19/h3-10,15,22-25,36-37H,11-14,16-18H2,1-2H3,(H,34,38)(H,35,39)/t22-,23-,24-,25-,28+,29+/m1/s1. The van der Waals surface area contributed by atoms with Crippen molar-refractivity contribution in [3.05, 3.63) is 65.7 Å². The molecule has 2 amide bonds. The molecule has 0 heterocycles. The molecule has 218 valence electrons. The van der Waals surface area contributed by atoms with Crippen molar-refractivity contribution in [2.75, 3.05) is 11.9 Å². The quantitative estimate of drug-likeness (QED) is 0.356. The van der Waals surface area contributed by atoms with Gasteiger partial charge in [0.1, 0.15) is 6.10 Å². The van der Waals surface area contributed by atoms with Gasteiger partial charge in [0, 0.05) is 24.1 Å². The molecule has 0 spiro atoms. The van der Waals surface area contributed by atoms with E-state index in [0.717, 1.165) is 17.7 Å². The van der Waals surface area contributed by atoms with Gasteiger partial charge in [-0.1, -0.05) is 50.2 Å². The first-order valence-corrected chi connectivity index (χ1v) is 13.6. The molecule has 40 heavy (non-hydrogen) atoms. The number of amides is 2. The van der Waals surface area contributed by atoms with Crippen LogP contribution in [0.1, 0.15) is 57.1 Å². The summed E-state index contributed by atoms with van der Waals surface area (Å²) in [6, 6.07) is 13.8. The topological polar surface area (TPSA) is 108 Å². The fourth-order valence-electron chi connectivity index (χ4n) is 6.90. The van der Waals surface area contributed by atoms with Crippen LogP contribution in [0.3, 0.4) is 0 Å². The van der Waals surface area contributed by atoms with E-state index in [1.165, 1.54) is 12.1 Å². The summed E-state index contributed by atoms with van der Waals surface area (Å²) < 4.78 is 44.9. The van der Waals surface area contributed by atoms with Crippen LogP contribution in [-0.4, -0.2) is 41.0 Å². The van der Waals surface area contributed by atoms with E-state index in [1.807, 2.05) is 44.2 Å².